The van der Waals surface area contributed by atoms with Gasteiger partial charge in [0.1, 0.15) is 5.92 Å². The van der Waals surface area contributed by atoms with E-state index >= 15 is 0 Å². The second-order valence-corrected chi connectivity index (χ2v) is 3.47. The summed E-state index contributed by atoms with van der Waals surface area (Å²) in [5.74, 6) is 0.151. The molecule has 1 radical (unpaired) electrons. The molecule has 0 aliphatic carbocycles. The Bertz CT molecular complexity index is 425. The van der Waals surface area contributed by atoms with Gasteiger partial charge in [0.2, 0.25) is 5.91 Å². The molecule has 0 spiro atoms. The molecule has 79 valence electrons. The smallest absolute Gasteiger partial charge is 0.234 e. The van der Waals surface area contributed by atoms with Gasteiger partial charge in [-0.1, -0.05) is 60.7 Å². The number of nitrogens with two attached hydrogens (primary N) is 1. The van der Waals surface area contributed by atoms with Gasteiger partial charge in [-0.25, -0.2) is 0 Å². The van der Waals surface area contributed by atoms with E-state index in [1.807, 2.05) is 60.7 Å². The lowest BCUT2D eigenvalue weighted by molar-refractivity contribution is -0.115. The zero-order valence-electron chi connectivity index (χ0n) is 8.76. The van der Waals surface area contributed by atoms with Gasteiger partial charge in [0, 0.05) is 0 Å². The molecule has 0 saturated carbocycles. The molecule has 0 saturated heterocycles. The molecule has 0 bridgehead atoms. The monoisotopic (exact) mass is 210 g/mol. The molecule has 0 aliphatic rings. The topological polar surface area (TPSA) is 43.1 Å². The highest BCUT2D eigenvalue weighted by Crippen LogP contribution is 2.22. The minimum Gasteiger partial charge on any atom is -0.369 e. The molecule has 2 aromatic carbocycles. The first-order chi connectivity index (χ1) is 7.79. The van der Waals surface area contributed by atoms with Crippen LogP contribution in [-0.2, 0) is 4.79 Å². The van der Waals surface area contributed by atoms with Gasteiger partial charge >= 0.3 is 0 Å². The van der Waals surface area contributed by atoms with E-state index in [4.69, 9.17) is 5.73 Å². The van der Waals surface area contributed by atoms with Crippen molar-refractivity contribution in [1.82, 2.24) is 0 Å². The predicted octanol–water partition coefficient (Wildman–Crippen LogP) is 2.14. The van der Waals surface area contributed by atoms with Crippen molar-refractivity contribution in [1.29, 1.82) is 0 Å². The standard InChI is InChI=1S/C14H12NO/c15-14(16)13(11-7-3-1-4-8-11)12-9-5-2-6-10-12/h1-10H,(H2,15,16). The highest BCUT2D eigenvalue weighted by molar-refractivity contribution is 5.97. The van der Waals surface area contributed by atoms with E-state index in [1.165, 1.54) is 0 Å². The number of rotatable bonds is 3. The summed E-state index contributed by atoms with van der Waals surface area (Å²) in [5, 5.41) is 0. The molecule has 2 heteroatoms. The van der Waals surface area contributed by atoms with E-state index < -0.39 is 5.91 Å². The van der Waals surface area contributed by atoms with Crippen molar-refractivity contribution in [3.8, 4) is 0 Å². The number of carbonyl (C=O) groups excluding carboxylic acids is 1. The Hall–Kier alpha value is -2.09. The Kier molecular flexibility index (Phi) is 3.01. The highest BCUT2D eigenvalue weighted by Gasteiger charge is 2.20. The average molecular weight is 210 g/mol. The maximum Gasteiger partial charge on any atom is 0.234 e. The largest absolute Gasteiger partial charge is 0.369 e. The molecule has 0 heterocycles. The van der Waals surface area contributed by atoms with E-state index in [0.717, 1.165) is 11.1 Å². The molecular weight excluding hydrogens is 198 g/mol. The quantitative estimate of drug-likeness (QED) is 0.828. The minimum absolute atomic E-state index is 0.405. The Labute approximate surface area is 94.7 Å². The summed E-state index contributed by atoms with van der Waals surface area (Å²) < 4.78 is 0. The van der Waals surface area contributed by atoms with Crippen LogP contribution in [-0.4, -0.2) is 5.91 Å². The Balaban J connectivity index is 2.44. The summed E-state index contributed by atoms with van der Waals surface area (Å²) in [6, 6.07) is 18.9. The maximum atomic E-state index is 11.5. The fourth-order valence-electron chi connectivity index (χ4n) is 1.66. The molecule has 2 nitrogen and oxygen atoms in total. The van der Waals surface area contributed by atoms with E-state index in [0.29, 0.717) is 5.92 Å². The van der Waals surface area contributed by atoms with Crippen LogP contribution < -0.4 is 5.73 Å². The lowest BCUT2D eigenvalue weighted by atomic mass is 9.91. The third kappa shape index (κ3) is 2.11. The zero-order chi connectivity index (χ0) is 11.4. The van der Waals surface area contributed by atoms with Crippen LogP contribution in [0.3, 0.4) is 0 Å². The summed E-state index contributed by atoms with van der Waals surface area (Å²) >= 11 is 0. The molecule has 0 aliphatic heterocycles. The lowest BCUT2D eigenvalue weighted by Crippen LogP contribution is -2.23. The van der Waals surface area contributed by atoms with Gasteiger partial charge in [0.25, 0.3) is 0 Å². The molecule has 0 aromatic heterocycles. The number of benzene rings is 2. The van der Waals surface area contributed by atoms with Gasteiger partial charge < -0.3 is 5.73 Å². The average Bonchev–Trinajstić information content (AvgIpc) is 2.31. The van der Waals surface area contributed by atoms with Crippen LogP contribution in [0.4, 0.5) is 0 Å². The fourth-order valence-corrected chi connectivity index (χ4v) is 1.66. The first-order valence-corrected chi connectivity index (χ1v) is 5.06. The van der Waals surface area contributed by atoms with Crippen molar-refractivity contribution >= 4 is 5.91 Å². The van der Waals surface area contributed by atoms with Gasteiger partial charge in [0.15, 0.2) is 0 Å². The number of amides is 1. The molecular formula is C14H12NO. The number of carbonyl (C=O) groups is 1. The van der Waals surface area contributed by atoms with Gasteiger partial charge in [-0.05, 0) is 11.1 Å². The van der Waals surface area contributed by atoms with Crippen molar-refractivity contribution in [2.45, 2.75) is 0 Å². The fraction of sp³-hybridized carbons (Fsp3) is 0. The predicted molar refractivity (Wildman–Crippen MR) is 63.5 cm³/mol. The first kappa shape index (κ1) is 10.4. The van der Waals surface area contributed by atoms with Crippen LogP contribution in [0.2, 0.25) is 0 Å². The van der Waals surface area contributed by atoms with Crippen molar-refractivity contribution in [3.63, 3.8) is 0 Å². The minimum atomic E-state index is -0.405. The van der Waals surface area contributed by atoms with Crippen LogP contribution in [0.15, 0.2) is 60.7 Å². The van der Waals surface area contributed by atoms with Crippen molar-refractivity contribution in [2.75, 3.05) is 0 Å². The summed E-state index contributed by atoms with van der Waals surface area (Å²) in [5.41, 5.74) is 7.12. The second kappa shape index (κ2) is 4.62. The summed E-state index contributed by atoms with van der Waals surface area (Å²) in [6.07, 6.45) is 0. The van der Waals surface area contributed by atoms with Crippen molar-refractivity contribution in [2.24, 2.45) is 5.73 Å². The van der Waals surface area contributed by atoms with Crippen LogP contribution in [0.25, 0.3) is 0 Å². The van der Waals surface area contributed by atoms with Gasteiger partial charge in [0.05, 0.1) is 0 Å². The molecule has 1 amide bonds. The zero-order valence-corrected chi connectivity index (χ0v) is 8.76. The van der Waals surface area contributed by atoms with Crippen LogP contribution in [0.5, 0.6) is 0 Å². The number of hydrogen-bond donors (Lipinski definition) is 1. The molecule has 2 N–H and O–H groups in total. The maximum absolute atomic E-state index is 11.5. The molecule has 0 fully saturated rings. The molecule has 16 heavy (non-hydrogen) atoms. The Morgan fingerprint density at radius 2 is 1.12 bits per heavy atom. The summed E-state index contributed by atoms with van der Waals surface area (Å²) in [4.78, 5) is 11.5. The second-order valence-electron chi connectivity index (χ2n) is 3.47. The molecule has 2 aromatic rings. The summed E-state index contributed by atoms with van der Waals surface area (Å²) in [6.45, 7) is 0. The van der Waals surface area contributed by atoms with E-state index in [-0.39, 0.29) is 0 Å². The highest BCUT2D eigenvalue weighted by atomic mass is 16.1. The normalized spacial score (nSPS) is 10.3. The Morgan fingerprint density at radius 3 is 1.44 bits per heavy atom. The molecule has 2 rings (SSSR count). The van der Waals surface area contributed by atoms with Crippen molar-refractivity contribution in [3.05, 3.63) is 77.7 Å². The van der Waals surface area contributed by atoms with E-state index in [1.54, 1.807) is 0 Å². The van der Waals surface area contributed by atoms with Gasteiger partial charge in [-0.15, -0.1) is 0 Å². The Morgan fingerprint density at radius 1 is 0.750 bits per heavy atom. The van der Waals surface area contributed by atoms with Crippen molar-refractivity contribution < 1.29 is 4.79 Å². The van der Waals surface area contributed by atoms with Gasteiger partial charge in [-0.2, -0.15) is 0 Å². The van der Waals surface area contributed by atoms with Crippen LogP contribution in [0.1, 0.15) is 11.1 Å². The third-order valence-corrected chi connectivity index (χ3v) is 2.37. The SMILES string of the molecule is NC(=O)[C](c1ccccc1)c1ccccc1. The van der Waals surface area contributed by atoms with Crippen LogP contribution >= 0.6 is 0 Å². The van der Waals surface area contributed by atoms with E-state index in [9.17, 15) is 4.79 Å². The first-order valence-electron chi connectivity index (χ1n) is 5.06. The van der Waals surface area contributed by atoms with E-state index in [2.05, 4.69) is 0 Å². The summed E-state index contributed by atoms with van der Waals surface area (Å²) in [7, 11) is 0. The van der Waals surface area contributed by atoms with Gasteiger partial charge in [-0.3, -0.25) is 4.79 Å². The molecule has 0 unspecified atom stereocenters. The number of hydrogen-bond acceptors (Lipinski definition) is 1. The van der Waals surface area contributed by atoms with Crippen LogP contribution in [0, 0.1) is 5.92 Å². The lowest BCUT2D eigenvalue weighted by Gasteiger charge is -2.12. The third-order valence-electron chi connectivity index (χ3n) is 2.37. The number of primary amides is 1. The molecule has 0 atom stereocenters.